The highest BCUT2D eigenvalue weighted by molar-refractivity contribution is 6.30. The number of halogens is 3. The molecule has 5 heteroatoms. The highest BCUT2D eigenvalue weighted by atomic mass is 35.5. The lowest BCUT2D eigenvalue weighted by Gasteiger charge is -2.24. The Bertz CT molecular complexity index is 1130. The summed E-state index contributed by atoms with van der Waals surface area (Å²) in [6.45, 7) is 5.88. The fourth-order valence-electron chi connectivity index (χ4n) is 3.32. The third-order valence-corrected chi connectivity index (χ3v) is 5.41. The Morgan fingerprint density at radius 1 is 1.00 bits per heavy atom. The number of hydrogen-bond acceptors (Lipinski definition) is 2. The molecule has 0 atom stereocenters. The molecule has 0 radical (unpaired) electrons. The van der Waals surface area contributed by atoms with Gasteiger partial charge in [-0.2, -0.15) is 0 Å². The lowest BCUT2D eigenvalue weighted by atomic mass is 9.96. The molecule has 0 saturated carbocycles. The van der Waals surface area contributed by atoms with Crippen LogP contribution in [-0.4, -0.2) is 13.3 Å². The minimum absolute atomic E-state index is 0.350. The summed E-state index contributed by atoms with van der Waals surface area (Å²) in [6, 6.07) is 18.5. The van der Waals surface area contributed by atoms with E-state index in [2.05, 4.69) is 17.6 Å². The van der Waals surface area contributed by atoms with Gasteiger partial charge in [-0.1, -0.05) is 54.0 Å². The number of anilines is 2. The van der Waals surface area contributed by atoms with Crippen LogP contribution in [0.15, 0.2) is 84.5 Å². The van der Waals surface area contributed by atoms with Gasteiger partial charge >= 0.3 is 0 Å². The third kappa shape index (κ3) is 5.63. The van der Waals surface area contributed by atoms with Gasteiger partial charge in [-0.25, -0.2) is 4.39 Å². The molecule has 0 spiro atoms. The average molecular weight is 453 g/mol. The molecule has 0 aliphatic rings. The predicted octanol–water partition coefficient (Wildman–Crippen LogP) is 8.05. The van der Waals surface area contributed by atoms with Crippen molar-refractivity contribution in [2.24, 2.45) is 4.99 Å². The molecule has 3 rings (SSSR count). The smallest absolute Gasteiger partial charge is 0.148 e. The van der Waals surface area contributed by atoms with E-state index in [1.165, 1.54) is 6.07 Å². The van der Waals surface area contributed by atoms with E-state index in [1.807, 2.05) is 49.4 Å². The molecule has 0 unspecified atom stereocenters. The Morgan fingerprint density at radius 3 is 2.35 bits per heavy atom. The molecule has 0 saturated heterocycles. The van der Waals surface area contributed by atoms with Gasteiger partial charge in [0.15, 0.2) is 0 Å². The maximum absolute atomic E-state index is 14.6. The molecule has 0 N–H and O–H groups in total. The Morgan fingerprint density at radius 2 is 1.71 bits per heavy atom. The fraction of sp³-hybridized carbons (Fsp3) is 0.115. The maximum Gasteiger partial charge on any atom is 0.148 e. The van der Waals surface area contributed by atoms with Crippen LogP contribution in [0.1, 0.15) is 16.7 Å². The first kappa shape index (κ1) is 22.8. The molecule has 0 bridgehead atoms. The largest absolute Gasteiger partial charge is 0.315 e. The van der Waals surface area contributed by atoms with E-state index >= 15 is 0 Å². The van der Waals surface area contributed by atoms with Crippen molar-refractivity contribution < 1.29 is 4.39 Å². The summed E-state index contributed by atoms with van der Waals surface area (Å²) >= 11 is 12.0. The normalized spacial score (nSPS) is 11.7. The first-order valence-electron chi connectivity index (χ1n) is 9.76. The van der Waals surface area contributed by atoms with Crippen LogP contribution in [0.5, 0.6) is 0 Å². The quantitative estimate of drug-likeness (QED) is 0.331. The standard InChI is InChI=1S/C26H23Cl2FN2/c1-4-31(25-12-11-23(28)17-24(25)29)26-16-20(8-5-18(26)2)21(13-14-30-3)15-19-6-9-22(27)10-7-19/h4-14,16-17H,1,15H2,2-3H3/b21-13+,30-14-. The number of nitrogens with zero attached hydrogens (tertiary/aromatic N) is 2. The van der Waals surface area contributed by atoms with Crippen LogP contribution in [0.2, 0.25) is 10.0 Å². The summed E-state index contributed by atoms with van der Waals surface area (Å²) in [5.74, 6) is -0.410. The predicted molar refractivity (Wildman–Crippen MR) is 132 cm³/mol. The fourth-order valence-corrected chi connectivity index (χ4v) is 3.60. The molecular weight excluding hydrogens is 430 g/mol. The van der Waals surface area contributed by atoms with Crippen LogP contribution in [0.4, 0.5) is 15.8 Å². The van der Waals surface area contributed by atoms with Crippen molar-refractivity contribution in [3.8, 4) is 0 Å². The van der Waals surface area contributed by atoms with Crippen molar-refractivity contribution in [3.05, 3.63) is 112 Å². The summed E-state index contributed by atoms with van der Waals surface area (Å²) in [5.41, 5.74) is 5.44. The van der Waals surface area contributed by atoms with Crippen molar-refractivity contribution in [1.29, 1.82) is 0 Å². The summed E-state index contributed by atoms with van der Waals surface area (Å²) in [7, 11) is 1.74. The SMILES string of the molecule is C=CN(c1cc(/C(=C/C=N\C)Cc2ccc(Cl)cc2)ccc1C)c1ccc(Cl)cc1F. The van der Waals surface area contributed by atoms with Gasteiger partial charge in [0.2, 0.25) is 0 Å². The molecule has 0 amide bonds. The Labute approximate surface area is 193 Å². The number of aliphatic imine (C=N–C) groups is 1. The molecular formula is C26H23Cl2FN2. The third-order valence-electron chi connectivity index (χ3n) is 4.92. The zero-order chi connectivity index (χ0) is 22.4. The van der Waals surface area contributed by atoms with E-state index in [0.717, 1.165) is 28.0 Å². The van der Waals surface area contributed by atoms with Crippen LogP contribution in [0, 0.1) is 12.7 Å². The minimum Gasteiger partial charge on any atom is -0.315 e. The highest BCUT2D eigenvalue weighted by Gasteiger charge is 2.15. The summed E-state index contributed by atoms with van der Waals surface area (Å²) in [6.07, 6.45) is 6.07. The molecule has 158 valence electrons. The first-order valence-corrected chi connectivity index (χ1v) is 10.5. The molecule has 0 aliphatic heterocycles. The number of rotatable bonds is 7. The van der Waals surface area contributed by atoms with Crippen molar-refractivity contribution in [2.75, 3.05) is 11.9 Å². The molecule has 2 nitrogen and oxygen atoms in total. The summed E-state index contributed by atoms with van der Waals surface area (Å²) in [5, 5.41) is 1.05. The zero-order valence-corrected chi connectivity index (χ0v) is 19.0. The Balaban J connectivity index is 2.05. The van der Waals surface area contributed by atoms with E-state index in [-0.39, 0.29) is 0 Å². The van der Waals surface area contributed by atoms with Crippen molar-refractivity contribution in [2.45, 2.75) is 13.3 Å². The summed E-state index contributed by atoms with van der Waals surface area (Å²) in [4.78, 5) is 5.84. The molecule has 0 aliphatic carbocycles. The van der Waals surface area contributed by atoms with Crippen LogP contribution in [0.3, 0.4) is 0 Å². The van der Waals surface area contributed by atoms with Crippen LogP contribution in [0.25, 0.3) is 5.57 Å². The lowest BCUT2D eigenvalue weighted by molar-refractivity contribution is 0.628. The Hall–Kier alpha value is -2.88. The van der Waals surface area contributed by atoms with Crippen molar-refractivity contribution in [3.63, 3.8) is 0 Å². The van der Waals surface area contributed by atoms with Gasteiger partial charge < -0.3 is 4.90 Å². The Kier molecular flexibility index (Phi) is 7.67. The second-order valence-electron chi connectivity index (χ2n) is 7.05. The number of aryl methyl sites for hydroxylation is 1. The second kappa shape index (κ2) is 10.4. The van der Waals surface area contributed by atoms with Crippen molar-refractivity contribution >= 4 is 46.4 Å². The van der Waals surface area contributed by atoms with E-state index in [9.17, 15) is 4.39 Å². The zero-order valence-electron chi connectivity index (χ0n) is 17.4. The van der Waals surface area contributed by atoms with Gasteiger partial charge in [-0.3, -0.25) is 4.99 Å². The molecule has 3 aromatic rings. The van der Waals surface area contributed by atoms with Gasteiger partial charge in [-0.05, 0) is 78.1 Å². The molecule has 0 aromatic heterocycles. The highest BCUT2D eigenvalue weighted by Crippen LogP contribution is 2.34. The van der Waals surface area contributed by atoms with E-state index in [1.54, 1.807) is 36.5 Å². The van der Waals surface area contributed by atoms with E-state index in [4.69, 9.17) is 23.2 Å². The van der Waals surface area contributed by atoms with Crippen LogP contribution < -0.4 is 4.90 Å². The number of allylic oxidation sites excluding steroid dienone is 2. The minimum atomic E-state index is -0.410. The first-order chi connectivity index (χ1) is 14.9. The number of benzene rings is 3. The topological polar surface area (TPSA) is 15.6 Å². The van der Waals surface area contributed by atoms with E-state index in [0.29, 0.717) is 22.2 Å². The summed E-state index contributed by atoms with van der Waals surface area (Å²) < 4.78 is 14.6. The molecule has 0 fully saturated rings. The van der Waals surface area contributed by atoms with Gasteiger partial charge in [-0.15, -0.1) is 0 Å². The van der Waals surface area contributed by atoms with Gasteiger partial charge in [0.05, 0.1) is 5.69 Å². The van der Waals surface area contributed by atoms with Crippen molar-refractivity contribution in [1.82, 2.24) is 0 Å². The maximum atomic E-state index is 14.6. The second-order valence-corrected chi connectivity index (χ2v) is 7.92. The van der Waals surface area contributed by atoms with Crippen LogP contribution in [-0.2, 0) is 6.42 Å². The van der Waals surface area contributed by atoms with Gasteiger partial charge in [0.25, 0.3) is 0 Å². The van der Waals surface area contributed by atoms with Crippen LogP contribution >= 0.6 is 23.2 Å². The average Bonchev–Trinajstić information content (AvgIpc) is 2.75. The van der Waals surface area contributed by atoms with Gasteiger partial charge in [0, 0.05) is 35.2 Å². The monoisotopic (exact) mass is 452 g/mol. The lowest BCUT2D eigenvalue weighted by Crippen LogP contribution is -2.11. The molecule has 0 heterocycles. The molecule has 3 aromatic carbocycles. The van der Waals surface area contributed by atoms with Gasteiger partial charge in [0.1, 0.15) is 5.82 Å². The number of hydrogen-bond donors (Lipinski definition) is 0. The molecule has 31 heavy (non-hydrogen) atoms. The van der Waals surface area contributed by atoms with E-state index < -0.39 is 5.82 Å².